The SMILES string of the molecule is CCCCN1CCC2(CCOC2)C1. The van der Waals surface area contributed by atoms with Crippen LogP contribution in [0.3, 0.4) is 0 Å². The van der Waals surface area contributed by atoms with Crippen LogP contribution >= 0.6 is 0 Å². The first-order valence-corrected chi connectivity index (χ1v) is 5.65. The molecule has 1 atom stereocenters. The third-order valence-electron chi connectivity index (χ3n) is 3.53. The highest BCUT2D eigenvalue weighted by atomic mass is 16.5. The van der Waals surface area contributed by atoms with E-state index in [4.69, 9.17) is 4.74 Å². The molecule has 0 bridgehead atoms. The van der Waals surface area contributed by atoms with Gasteiger partial charge in [0, 0.05) is 18.6 Å². The van der Waals surface area contributed by atoms with Gasteiger partial charge in [0.1, 0.15) is 0 Å². The van der Waals surface area contributed by atoms with Crippen molar-refractivity contribution in [2.75, 3.05) is 32.8 Å². The molecule has 1 unspecified atom stereocenters. The molecule has 0 N–H and O–H groups in total. The topological polar surface area (TPSA) is 12.5 Å². The second kappa shape index (κ2) is 3.97. The summed E-state index contributed by atoms with van der Waals surface area (Å²) in [5.74, 6) is 0. The molecule has 2 aliphatic rings. The fraction of sp³-hybridized carbons (Fsp3) is 1.00. The second-order valence-electron chi connectivity index (χ2n) is 4.68. The number of ether oxygens (including phenoxy) is 1. The molecule has 2 aliphatic heterocycles. The zero-order valence-corrected chi connectivity index (χ0v) is 8.72. The van der Waals surface area contributed by atoms with E-state index in [0.717, 1.165) is 13.2 Å². The van der Waals surface area contributed by atoms with Gasteiger partial charge in [-0.15, -0.1) is 0 Å². The van der Waals surface area contributed by atoms with Gasteiger partial charge in [0.15, 0.2) is 0 Å². The molecular weight excluding hydrogens is 162 g/mol. The van der Waals surface area contributed by atoms with Crippen LogP contribution in [-0.4, -0.2) is 37.7 Å². The van der Waals surface area contributed by atoms with Crippen LogP contribution in [0, 0.1) is 5.41 Å². The number of hydrogen-bond donors (Lipinski definition) is 0. The van der Waals surface area contributed by atoms with Gasteiger partial charge in [-0.1, -0.05) is 13.3 Å². The van der Waals surface area contributed by atoms with E-state index >= 15 is 0 Å². The second-order valence-corrected chi connectivity index (χ2v) is 4.68. The van der Waals surface area contributed by atoms with Crippen LogP contribution in [0.1, 0.15) is 32.6 Å². The maximum atomic E-state index is 5.51. The summed E-state index contributed by atoms with van der Waals surface area (Å²) >= 11 is 0. The quantitative estimate of drug-likeness (QED) is 0.662. The molecule has 0 aromatic heterocycles. The lowest BCUT2D eigenvalue weighted by Crippen LogP contribution is -2.28. The molecule has 0 aromatic carbocycles. The van der Waals surface area contributed by atoms with Crippen LogP contribution in [-0.2, 0) is 4.74 Å². The Bertz CT molecular complexity index is 163. The van der Waals surface area contributed by atoms with Crippen molar-refractivity contribution in [2.24, 2.45) is 5.41 Å². The van der Waals surface area contributed by atoms with Gasteiger partial charge in [-0.25, -0.2) is 0 Å². The van der Waals surface area contributed by atoms with Gasteiger partial charge in [-0.3, -0.25) is 0 Å². The van der Waals surface area contributed by atoms with Gasteiger partial charge in [0.05, 0.1) is 6.61 Å². The third kappa shape index (κ3) is 2.05. The molecule has 2 saturated heterocycles. The Labute approximate surface area is 81.3 Å². The lowest BCUT2D eigenvalue weighted by molar-refractivity contribution is 0.152. The van der Waals surface area contributed by atoms with Crippen molar-refractivity contribution in [1.29, 1.82) is 0 Å². The molecule has 2 rings (SSSR count). The van der Waals surface area contributed by atoms with Crippen LogP contribution in [0.4, 0.5) is 0 Å². The van der Waals surface area contributed by atoms with E-state index in [2.05, 4.69) is 11.8 Å². The summed E-state index contributed by atoms with van der Waals surface area (Å²) in [5.41, 5.74) is 0.563. The summed E-state index contributed by atoms with van der Waals surface area (Å²) in [7, 11) is 0. The van der Waals surface area contributed by atoms with E-state index in [9.17, 15) is 0 Å². The Hall–Kier alpha value is -0.0800. The first-order valence-electron chi connectivity index (χ1n) is 5.65. The largest absolute Gasteiger partial charge is 0.381 e. The Kier molecular flexibility index (Phi) is 2.89. The van der Waals surface area contributed by atoms with Crippen LogP contribution in [0.5, 0.6) is 0 Å². The Morgan fingerprint density at radius 1 is 1.38 bits per heavy atom. The van der Waals surface area contributed by atoms with Crippen LogP contribution in [0.15, 0.2) is 0 Å². The molecule has 0 amide bonds. The molecule has 0 saturated carbocycles. The molecule has 0 aromatic rings. The van der Waals surface area contributed by atoms with Crippen LogP contribution in [0.2, 0.25) is 0 Å². The maximum Gasteiger partial charge on any atom is 0.0536 e. The van der Waals surface area contributed by atoms with Crippen molar-refractivity contribution in [3.63, 3.8) is 0 Å². The Balaban J connectivity index is 1.79. The van der Waals surface area contributed by atoms with E-state index in [1.54, 1.807) is 0 Å². The molecule has 2 heterocycles. The highest BCUT2D eigenvalue weighted by Gasteiger charge is 2.40. The molecule has 2 heteroatoms. The van der Waals surface area contributed by atoms with Crippen molar-refractivity contribution >= 4 is 0 Å². The first-order chi connectivity index (χ1) is 6.35. The van der Waals surface area contributed by atoms with Gasteiger partial charge in [0.2, 0.25) is 0 Å². The molecule has 13 heavy (non-hydrogen) atoms. The molecule has 1 spiro atoms. The molecule has 2 fully saturated rings. The minimum absolute atomic E-state index is 0.563. The standard InChI is InChI=1S/C11H21NO/c1-2-3-6-12-7-4-11(9-12)5-8-13-10-11/h2-10H2,1H3. The van der Waals surface area contributed by atoms with Crippen molar-refractivity contribution in [1.82, 2.24) is 4.90 Å². The monoisotopic (exact) mass is 183 g/mol. The molecule has 0 radical (unpaired) electrons. The lowest BCUT2D eigenvalue weighted by atomic mass is 9.87. The third-order valence-corrected chi connectivity index (χ3v) is 3.53. The average molecular weight is 183 g/mol. The Morgan fingerprint density at radius 2 is 2.31 bits per heavy atom. The van der Waals surface area contributed by atoms with E-state index in [1.165, 1.54) is 45.3 Å². The zero-order valence-electron chi connectivity index (χ0n) is 8.72. The van der Waals surface area contributed by atoms with Gasteiger partial charge < -0.3 is 9.64 Å². The van der Waals surface area contributed by atoms with Gasteiger partial charge >= 0.3 is 0 Å². The van der Waals surface area contributed by atoms with E-state index in [0.29, 0.717) is 5.41 Å². The van der Waals surface area contributed by atoms with Crippen molar-refractivity contribution in [3.8, 4) is 0 Å². The smallest absolute Gasteiger partial charge is 0.0536 e. The predicted octanol–water partition coefficient (Wildman–Crippen LogP) is 1.90. The molecular formula is C11H21NO. The summed E-state index contributed by atoms with van der Waals surface area (Å²) in [5, 5.41) is 0. The summed E-state index contributed by atoms with van der Waals surface area (Å²) < 4.78 is 5.51. The fourth-order valence-electron chi connectivity index (χ4n) is 2.57. The van der Waals surface area contributed by atoms with Crippen LogP contribution < -0.4 is 0 Å². The number of rotatable bonds is 3. The van der Waals surface area contributed by atoms with Crippen LogP contribution in [0.25, 0.3) is 0 Å². The van der Waals surface area contributed by atoms with E-state index in [1.807, 2.05) is 0 Å². The number of unbranched alkanes of at least 4 members (excludes halogenated alkanes) is 1. The number of hydrogen-bond acceptors (Lipinski definition) is 2. The van der Waals surface area contributed by atoms with E-state index < -0.39 is 0 Å². The summed E-state index contributed by atoms with van der Waals surface area (Å²) in [4.78, 5) is 2.62. The molecule has 0 aliphatic carbocycles. The highest BCUT2D eigenvalue weighted by molar-refractivity contribution is 4.92. The van der Waals surface area contributed by atoms with E-state index in [-0.39, 0.29) is 0 Å². The zero-order chi connectivity index (χ0) is 9.15. The van der Waals surface area contributed by atoms with Gasteiger partial charge in [-0.2, -0.15) is 0 Å². The highest BCUT2D eigenvalue weighted by Crippen LogP contribution is 2.37. The van der Waals surface area contributed by atoms with Crippen molar-refractivity contribution in [3.05, 3.63) is 0 Å². The van der Waals surface area contributed by atoms with Gasteiger partial charge in [0.25, 0.3) is 0 Å². The number of likely N-dealkylation sites (tertiary alicyclic amines) is 1. The number of nitrogens with zero attached hydrogens (tertiary/aromatic N) is 1. The lowest BCUT2D eigenvalue weighted by Gasteiger charge is -2.21. The summed E-state index contributed by atoms with van der Waals surface area (Å²) in [6.45, 7) is 8.20. The normalized spacial score (nSPS) is 34.8. The molecule has 2 nitrogen and oxygen atoms in total. The van der Waals surface area contributed by atoms with Crippen molar-refractivity contribution in [2.45, 2.75) is 32.6 Å². The fourth-order valence-corrected chi connectivity index (χ4v) is 2.57. The maximum absolute atomic E-state index is 5.51. The van der Waals surface area contributed by atoms with Gasteiger partial charge in [-0.05, 0) is 32.4 Å². The minimum atomic E-state index is 0.563. The average Bonchev–Trinajstić information content (AvgIpc) is 2.74. The predicted molar refractivity (Wildman–Crippen MR) is 53.8 cm³/mol. The Morgan fingerprint density at radius 3 is 3.00 bits per heavy atom. The summed E-state index contributed by atoms with van der Waals surface area (Å²) in [6.07, 6.45) is 5.35. The van der Waals surface area contributed by atoms with Crippen molar-refractivity contribution < 1.29 is 4.74 Å². The molecule has 76 valence electrons. The first kappa shape index (κ1) is 9.47. The minimum Gasteiger partial charge on any atom is -0.381 e. The summed E-state index contributed by atoms with van der Waals surface area (Å²) in [6, 6.07) is 0.